The van der Waals surface area contributed by atoms with Gasteiger partial charge in [0, 0.05) is 30.9 Å². The molecule has 0 amide bonds. The predicted molar refractivity (Wildman–Crippen MR) is 113 cm³/mol. The lowest BCUT2D eigenvalue weighted by atomic mass is 10.1. The Hall–Kier alpha value is -3.19. The van der Waals surface area contributed by atoms with Crippen LogP contribution in [-0.4, -0.2) is 52.7 Å². The van der Waals surface area contributed by atoms with Gasteiger partial charge in [0.05, 0.1) is 18.9 Å². The molecule has 7 nitrogen and oxygen atoms in total. The van der Waals surface area contributed by atoms with Gasteiger partial charge in [-0.3, -0.25) is 0 Å². The van der Waals surface area contributed by atoms with Gasteiger partial charge in [0.1, 0.15) is 12.4 Å². The number of aryl methyl sites for hydroxylation is 1. The van der Waals surface area contributed by atoms with Crippen molar-refractivity contribution in [2.24, 2.45) is 0 Å². The van der Waals surface area contributed by atoms with Gasteiger partial charge in [-0.05, 0) is 26.0 Å². The molecule has 1 aliphatic rings. The number of benzene rings is 1. The van der Waals surface area contributed by atoms with Crippen LogP contribution in [0.5, 0.6) is 6.01 Å². The smallest absolute Gasteiger partial charge is 0.320 e. The number of morpholine rings is 1. The van der Waals surface area contributed by atoms with Gasteiger partial charge in [-0.2, -0.15) is 15.1 Å². The van der Waals surface area contributed by atoms with Crippen LogP contribution in [-0.2, 0) is 4.74 Å². The summed E-state index contributed by atoms with van der Waals surface area (Å²) < 4.78 is 13.0. The first kappa shape index (κ1) is 19.1. The Labute approximate surface area is 170 Å². The van der Waals surface area contributed by atoms with Gasteiger partial charge in [0.15, 0.2) is 5.82 Å². The molecule has 1 fully saturated rings. The Kier molecular flexibility index (Phi) is 5.86. The van der Waals surface area contributed by atoms with E-state index in [2.05, 4.69) is 40.0 Å². The number of ether oxygens (including phenoxy) is 2. The maximum absolute atomic E-state index is 5.74. The Morgan fingerprint density at radius 1 is 1.10 bits per heavy atom. The van der Waals surface area contributed by atoms with Crippen LogP contribution in [0.2, 0.25) is 0 Å². The van der Waals surface area contributed by atoms with Crippen LogP contribution < -0.4 is 9.64 Å². The molecule has 0 aliphatic carbocycles. The van der Waals surface area contributed by atoms with Gasteiger partial charge < -0.3 is 14.4 Å². The van der Waals surface area contributed by atoms with Crippen LogP contribution in [0.25, 0.3) is 17.1 Å². The summed E-state index contributed by atoms with van der Waals surface area (Å²) in [7, 11) is 0. The summed E-state index contributed by atoms with van der Waals surface area (Å²) in [6, 6.07) is 12.6. The molecule has 150 valence electrons. The standard InChI is InChI=1S/C22H25N5O2/c1-3-4-12-29-22-23-20(26-10-13-28-14-11-26)16-21(24-22)27-9-8-19(25-27)18-7-5-6-17(2)15-18/h3-9,15-16H,10-14H2,1-2H3. The van der Waals surface area contributed by atoms with Crippen molar-refractivity contribution in [2.45, 2.75) is 13.8 Å². The van der Waals surface area contributed by atoms with E-state index in [1.165, 1.54) is 5.56 Å². The number of aromatic nitrogens is 4. The Morgan fingerprint density at radius 3 is 2.72 bits per heavy atom. The molecule has 1 saturated heterocycles. The van der Waals surface area contributed by atoms with E-state index >= 15 is 0 Å². The topological polar surface area (TPSA) is 65.3 Å². The first-order valence-corrected chi connectivity index (χ1v) is 9.82. The first-order valence-electron chi connectivity index (χ1n) is 9.82. The monoisotopic (exact) mass is 391 g/mol. The minimum atomic E-state index is 0.342. The highest BCUT2D eigenvalue weighted by molar-refractivity contribution is 5.60. The second-order valence-corrected chi connectivity index (χ2v) is 6.86. The van der Waals surface area contributed by atoms with E-state index < -0.39 is 0 Å². The summed E-state index contributed by atoms with van der Waals surface area (Å²) in [5, 5.41) is 4.73. The zero-order valence-electron chi connectivity index (χ0n) is 16.8. The van der Waals surface area contributed by atoms with Crippen LogP contribution in [0.4, 0.5) is 5.82 Å². The average Bonchev–Trinajstić information content (AvgIpc) is 3.25. The fourth-order valence-corrected chi connectivity index (χ4v) is 3.17. The predicted octanol–water partition coefficient (Wildman–Crippen LogP) is 3.43. The molecule has 1 aromatic carbocycles. The lowest BCUT2D eigenvalue weighted by Crippen LogP contribution is -2.37. The van der Waals surface area contributed by atoms with Crippen molar-refractivity contribution < 1.29 is 9.47 Å². The molecule has 0 N–H and O–H groups in total. The van der Waals surface area contributed by atoms with Crippen molar-refractivity contribution in [1.29, 1.82) is 0 Å². The van der Waals surface area contributed by atoms with Crippen molar-refractivity contribution >= 4 is 5.82 Å². The molecular weight excluding hydrogens is 366 g/mol. The van der Waals surface area contributed by atoms with Gasteiger partial charge in [-0.1, -0.05) is 35.9 Å². The molecule has 7 heteroatoms. The minimum absolute atomic E-state index is 0.342. The van der Waals surface area contributed by atoms with Gasteiger partial charge in [0.2, 0.25) is 0 Å². The van der Waals surface area contributed by atoms with Crippen molar-refractivity contribution in [3.8, 4) is 23.1 Å². The van der Waals surface area contributed by atoms with E-state index in [1.54, 1.807) is 4.68 Å². The van der Waals surface area contributed by atoms with Crippen LogP contribution in [0.15, 0.2) is 54.7 Å². The molecule has 3 heterocycles. The third kappa shape index (κ3) is 4.63. The van der Waals surface area contributed by atoms with Gasteiger partial charge in [-0.15, -0.1) is 0 Å². The molecule has 0 spiro atoms. The van der Waals surface area contributed by atoms with Crippen LogP contribution in [0, 0.1) is 6.92 Å². The molecule has 0 unspecified atom stereocenters. The SMILES string of the molecule is CC=CCOc1nc(N2CCOCC2)cc(-n2ccc(-c3cccc(C)c3)n2)n1. The van der Waals surface area contributed by atoms with E-state index in [0.717, 1.165) is 30.2 Å². The Morgan fingerprint density at radius 2 is 1.93 bits per heavy atom. The quantitative estimate of drug-likeness (QED) is 0.600. The summed E-state index contributed by atoms with van der Waals surface area (Å²) >= 11 is 0. The highest BCUT2D eigenvalue weighted by atomic mass is 16.5. The molecule has 0 bridgehead atoms. The number of hydrogen-bond donors (Lipinski definition) is 0. The number of anilines is 1. The number of allylic oxidation sites excluding steroid dienone is 1. The second kappa shape index (κ2) is 8.87. The maximum Gasteiger partial charge on any atom is 0.320 e. The van der Waals surface area contributed by atoms with Crippen molar-refractivity contribution in [3.63, 3.8) is 0 Å². The minimum Gasteiger partial charge on any atom is -0.459 e. The Balaban J connectivity index is 1.67. The largest absolute Gasteiger partial charge is 0.459 e. The highest BCUT2D eigenvalue weighted by Gasteiger charge is 2.17. The van der Waals surface area contributed by atoms with E-state index in [-0.39, 0.29) is 0 Å². The number of rotatable bonds is 6. The molecule has 3 aromatic rings. The average molecular weight is 391 g/mol. The number of nitrogens with zero attached hydrogens (tertiary/aromatic N) is 5. The molecule has 2 aromatic heterocycles. The summed E-state index contributed by atoms with van der Waals surface area (Å²) in [4.78, 5) is 11.3. The second-order valence-electron chi connectivity index (χ2n) is 6.86. The molecular formula is C22H25N5O2. The Bertz CT molecular complexity index is 992. The summed E-state index contributed by atoms with van der Waals surface area (Å²) in [6.07, 6.45) is 5.78. The molecule has 0 saturated carbocycles. The van der Waals surface area contributed by atoms with E-state index in [1.807, 2.05) is 43.5 Å². The van der Waals surface area contributed by atoms with Gasteiger partial charge in [-0.25, -0.2) is 4.68 Å². The van der Waals surface area contributed by atoms with Crippen LogP contribution in [0.1, 0.15) is 12.5 Å². The van der Waals surface area contributed by atoms with Crippen molar-refractivity contribution in [2.75, 3.05) is 37.8 Å². The highest BCUT2D eigenvalue weighted by Crippen LogP contribution is 2.23. The molecule has 0 atom stereocenters. The molecule has 0 radical (unpaired) electrons. The van der Waals surface area contributed by atoms with Gasteiger partial charge >= 0.3 is 6.01 Å². The first-order chi connectivity index (χ1) is 14.2. The van der Waals surface area contributed by atoms with Crippen molar-refractivity contribution in [3.05, 3.63) is 60.3 Å². The zero-order valence-corrected chi connectivity index (χ0v) is 16.8. The third-order valence-corrected chi connectivity index (χ3v) is 4.70. The summed E-state index contributed by atoms with van der Waals surface area (Å²) in [5.41, 5.74) is 3.18. The van der Waals surface area contributed by atoms with Gasteiger partial charge in [0.25, 0.3) is 0 Å². The maximum atomic E-state index is 5.74. The molecule has 29 heavy (non-hydrogen) atoms. The lowest BCUT2D eigenvalue weighted by Gasteiger charge is -2.28. The molecule has 1 aliphatic heterocycles. The zero-order chi connectivity index (χ0) is 20.1. The third-order valence-electron chi connectivity index (χ3n) is 4.70. The summed E-state index contributed by atoms with van der Waals surface area (Å²) in [5.74, 6) is 1.50. The van der Waals surface area contributed by atoms with Crippen LogP contribution >= 0.6 is 0 Å². The van der Waals surface area contributed by atoms with E-state index in [9.17, 15) is 0 Å². The number of hydrogen-bond acceptors (Lipinski definition) is 6. The van der Waals surface area contributed by atoms with E-state index in [4.69, 9.17) is 14.6 Å². The van der Waals surface area contributed by atoms with Crippen LogP contribution in [0.3, 0.4) is 0 Å². The summed E-state index contributed by atoms with van der Waals surface area (Å²) in [6.45, 7) is 7.41. The van der Waals surface area contributed by atoms with E-state index in [0.29, 0.717) is 31.6 Å². The normalized spacial score (nSPS) is 14.5. The van der Waals surface area contributed by atoms with Crippen molar-refractivity contribution in [1.82, 2.24) is 19.7 Å². The fourth-order valence-electron chi connectivity index (χ4n) is 3.17. The lowest BCUT2D eigenvalue weighted by molar-refractivity contribution is 0.122. The molecule has 4 rings (SSSR count). The fraction of sp³-hybridized carbons (Fsp3) is 0.318.